The number of hydrogen-bond acceptors (Lipinski definition) is 5. The molecule has 1 fully saturated rings. The van der Waals surface area contributed by atoms with Gasteiger partial charge in [0, 0.05) is 16.8 Å². The first kappa shape index (κ1) is 19.0. The number of carbonyl (C=O) groups excluding carboxylic acids is 1. The topological polar surface area (TPSA) is 54.9 Å². The van der Waals surface area contributed by atoms with Gasteiger partial charge in [-0.2, -0.15) is 0 Å². The van der Waals surface area contributed by atoms with Crippen LogP contribution in [0.4, 0.5) is 13.9 Å². The standard InChI is InChI=1S/C20H17F2N3OS2/c21-14-8-3-9-15(22)17(14)16-11-27-20(24-16)25-18(26)13-7-4-10-23-19(13)28-12-5-1-2-6-12/h3-4,7-12H,1-2,5-6H2,(H,24,25,26). The molecule has 4 rings (SSSR count). The lowest BCUT2D eigenvalue weighted by molar-refractivity contribution is 0.102. The van der Waals surface area contributed by atoms with Crippen LogP contribution >= 0.6 is 23.1 Å². The molecular weight excluding hydrogens is 400 g/mol. The number of carbonyl (C=O) groups is 1. The lowest BCUT2D eigenvalue weighted by Crippen LogP contribution is -2.14. The van der Waals surface area contributed by atoms with E-state index in [0.717, 1.165) is 24.2 Å². The van der Waals surface area contributed by atoms with Gasteiger partial charge in [0.05, 0.1) is 16.8 Å². The van der Waals surface area contributed by atoms with Crippen LogP contribution in [0.25, 0.3) is 11.3 Å². The Labute approximate surface area is 169 Å². The first-order chi connectivity index (χ1) is 13.6. The van der Waals surface area contributed by atoms with Crippen LogP contribution in [0.5, 0.6) is 0 Å². The molecular formula is C20H17F2N3OS2. The molecule has 0 unspecified atom stereocenters. The van der Waals surface area contributed by atoms with Crippen molar-refractivity contribution < 1.29 is 13.6 Å². The van der Waals surface area contributed by atoms with E-state index < -0.39 is 11.6 Å². The normalized spacial score (nSPS) is 14.4. The molecule has 0 spiro atoms. The van der Waals surface area contributed by atoms with Crippen LogP contribution in [0.15, 0.2) is 46.9 Å². The minimum absolute atomic E-state index is 0.155. The highest BCUT2D eigenvalue weighted by Gasteiger charge is 2.21. The van der Waals surface area contributed by atoms with Gasteiger partial charge in [-0.15, -0.1) is 23.1 Å². The van der Waals surface area contributed by atoms with Gasteiger partial charge in [0.1, 0.15) is 16.7 Å². The SMILES string of the molecule is O=C(Nc1nc(-c2c(F)cccc2F)cs1)c1cccnc1SC1CCCC1. The summed E-state index contributed by atoms with van der Waals surface area (Å²) in [7, 11) is 0. The van der Waals surface area contributed by atoms with Gasteiger partial charge in [-0.05, 0) is 37.1 Å². The Bertz CT molecular complexity index is 982. The van der Waals surface area contributed by atoms with E-state index in [1.807, 2.05) is 0 Å². The molecule has 4 nitrogen and oxygen atoms in total. The summed E-state index contributed by atoms with van der Waals surface area (Å²) in [6, 6.07) is 7.10. The van der Waals surface area contributed by atoms with E-state index in [0.29, 0.717) is 15.8 Å². The number of thiazole rings is 1. The van der Waals surface area contributed by atoms with E-state index in [-0.39, 0.29) is 22.3 Å². The second-order valence-corrected chi connectivity index (χ2v) is 8.62. The minimum Gasteiger partial charge on any atom is -0.298 e. The van der Waals surface area contributed by atoms with Gasteiger partial charge in [-0.1, -0.05) is 18.9 Å². The molecule has 144 valence electrons. The smallest absolute Gasteiger partial charge is 0.260 e. The molecule has 1 aliphatic rings. The molecule has 0 radical (unpaired) electrons. The number of benzene rings is 1. The molecule has 28 heavy (non-hydrogen) atoms. The van der Waals surface area contributed by atoms with Crippen molar-refractivity contribution in [2.24, 2.45) is 0 Å². The number of nitrogens with zero attached hydrogens (tertiary/aromatic N) is 2. The van der Waals surface area contributed by atoms with Gasteiger partial charge in [-0.25, -0.2) is 18.7 Å². The molecule has 1 saturated carbocycles. The second kappa shape index (κ2) is 8.36. The van der Waals surface area contributed by atoms with Crippen molar-refractivity contribution in [2.45, 2.75) is 36.0 Å². The zero-order valence-electron chi connectivity index (χ0n) is 14.8. The Kier molecular flexibility index (Phi) is 5.68. The van der Waals surface area contributed by atoms with Crippen LogP contribution in [0.3, 0.4) is 0 Å². The predicted octanol–water partition coefficient (Wildman–Crippen LogP) is 5.77. The Morgan fingerprint density at radius 1 is 1.14 bits per heavy atom. The third kappa shape index (κ3) is 4.07. The number of hydrogen-bond donors (Lipinski definition) is 1. The van der Waals surface area contributed by atoms with Crippen molar-refractivity contribution in [1.82, 2.24) is 9.97 Å². The number of anilines is 1. The van der Waals surface area contributed by atoms with E-state index in [1.54, 1.807) is 30.1 Å². The summed E-state index contributed by atoms with van der Waals surface area (Å²) >= 11 is 2.75. The van der Waals surface area contributed by atoms with E-state index in [9.17, 15) is 13.6 Å². The molecule has 0 atom stereocenters. The zero-order chi connectivity index (χ0) is 19.5. The van der Waals surface area contributed by atoms with Crippen LogP contribution in [0.1, 0.15) is 36.0 Å². The fourth-order valence-electron chi connectivity index (χ4n) is 3.17. The monoisotopic (exact) mass is 417 g/mol. The summed E-state index contributed by atoms with van der Waals surface area (Å²) in [5, 5.41) is 5.71. The minimum atomic E-state index is -0.689. The third-order valence-corrected chi connectivity index (χ3v) is 6.65. The lowest BCUT2D eigenvalue weighted by Gasteiger charge is -2.11. The third-order valence-electron chi connectivity index (χ3n) is 4.54. The first-order valence-corrected chi connectivity index (χ1v) is 10.7. The average molecular weight is 418 g/mol. The van der Waals surface area contributed by atoms with Crippen LogP contribution < -0.4 is 5.32 Å². The van der Waals surface area contributed by atoms with E-state index >= 15 is 0 Å². The van der Waals surface area contributed by atoms with Gasteiger partial charge in [0.25, 0.3) is 5.91 Å². The van der Waals surface area contributed by atoms with Crippen molar-refractivity contribution in [1.29, 1.82) is 0 Å². The number of amides is 1. The summed E-state index contributed by atoms with van der Waals surface area (Å²) in [6.45, 7) is 0. The maximum absolute atomic E-state index is 13.9. The highest BCUT2D eigenvalue weighted by Crippen LogP contribution is 2.35. The highest BCUT2D eigenvalue weighted by molar-refractivity contribution is 7.99. The average Bonchev–Trinajstić information content (AvgIpc) is 3.34. The van der Waals surface area contributed by atoms with Gasteiger partial charge < -0.3 is 0 Å². The number of nitrogens with one attached hydrogen (secondary N) is 1. The van der Waals surface area contributed by atoms with Crippen molar-refractivity contribution >= 4 is 34.1 Å². The van der Waals surface area contributed by atoms with Crippen molar-refractivity contribution in [3.8, 4) is 11.3 Å². The molecule has 2 heterocycles. The number of halogens is 2. The van der Waals surface area contributed by atoms with Gasteiger partial charge in [0.15, 0.2) is 5.13 Å². The molecule has 1 N–H and O–H groups in total. The summed E-state index contributed by atoms with van der Waals surface area (Å²) in [5.74, 6) is -1.71. The molecule has 0 saturated heterocycles. The van der Waals surface area contributed by atoms with Crippen LogP contribution in [-0.2, 0) is 0 Å². The fourth-order valence-corrected chi connectivity index (χ4v) is 5.17. The van der Waals surface area contributed by atoms with E-state index in [4.69, 9.17) is 0 Å². The van der Waals surface area contributed by atoms with Gasteiger partial charge in [-0.3, -0.25) is 10.1 Å². The molecule has 2 aromatic heterocycles. The number of thioether (sulfide) groups is 1. The Hall–Kier alpha value is -2.32. The maximum atomic E-state index is 13.9. The summed E-state index contributed by atoms with van der Waals surface area (Å²) in [6.07, 6.45) is 6.36. The van der Waals surface area contributed by atoms with Gasteiger partial charge >= 0.3 is 0 Å². The summed E-state index contributed by atoms with van der Waals surface area (Å²) < 4.78 is 27.9. The first-order valence-electron chi connectivity index (χ1n) is 8.95. The van der Waals surface area contributed by atoms with E-state index in [2.05, 4.69) is 15.3 Å². The predicted molar refractivity (Wildman–Crippen MR) is 108 cm³/mol. The molecule has 3 aromatic rings. The number of rotatable bonds is 5. The largest absolute Gasteiger partial charge is 0.298 e. The van der Waals surface area contributed by atoms with Gasteiger partial charge in [0.2, 0.25) is 0 Å². The van der Waals surface area contributed by atoms with Crippen LogP contribution in [0, 0.1) is 11.6 Å². The van der Waals surface area contributed by atoms with Crippen molar-refractivity contribution in [3.63, 3.8) is 0 Å². The van der Waals surface area contributed by atoms with Crippen LogP contribution in [-0.4, -0.2) is 21.1 Å². The molecule has 8 heteroatoms. The fraction of sp³-hybridized carbons (Fsp3) is 0.250. The molecule has 0 bridgehead atoms. The molecule has 1 aromatic carbocycles. The molecule has 1 aliphatic carbocycles. The quantitative estimate of drug-likeness (QED) is 0.573. The highest BCUT2D eigenvalue weighted by atomic mass is 32.2. The summed E-state index contributed by atoms with van der Waals surface area (Å²) in [5.41, 5.74) is 0.439. The zero-order valence-corrected chi connectivity index (χ0v) is 16.5. The van der Waals surface area contributed by atoms with Crippen LogP contribution in [0.2, 0.25) is 0 Å². The summed E-state index contributed by atoms with van der Waals surface area (Å²) in [4.78, 5) is 21.3. The molecule has 1 amide bonds. The Morgan fingerprint density at radius 2 is 1.89 bits per heavy atom. The van der Waals surface area contributed by atoms with Crippen molar-refractivity contribution in [3.05, 3.63) is 59.1 Å². The lowest BCUT2D eigenvalue weighted by atomic mass is 10.1. The van der Waals surface area contributed by atoms with Crippen molar-refractivity contribution in [2.75, 3.05) is 5.32 Å². The van der Waals surface area contributed by atoms with E-state index in [1.165, 1.54) is 36.4 Å². The Balaban J connectivity index is 1.53. The molecule has 0 aliphatic heterocycles. The Morgan fingerprint density at radius 3 is 2.64 bits per heavy atom. The maximum Gasteiger partial charge on any atom is 0.260 e. The second-order valence-electron chi connectivity index (χ2n) is 6.47. The number of aromatic nitrogens is 2. The number of pyridine rings is 1.